The molecule has 1 aliphatic heterocycles. The number of furan rings is 1. The molecule has 0 radical (unpaired) electrons. The van der Waals surface area contributed by atoms with Gasteiger partial charge in [0, 0.05) is 23.9 Å². The molecule has 2 heterocycles. The van der Waals surface area contributed by atoms with Crippen LogP contribution in [0.2, 0.25) is 5.02 Å². The molecule has 9 heteroatoms. The lowest BCUT2D eigenvalue weighted by atomic mass is 9.99. The molecule has 1 saturated heterocycles. The summed E-state index contributed by atoms with van der Waals surface area (Å²) < 4.78 is 11.0. The zero-order valence-electron chi connectivity index (χ0n) is 18.4. The number of hydrogen-bond acceptors (Lipinski definition) is 6. The molecule has 0 saturated carbocycles. The number of aliphatic hydroxyl groups excluding tert-OH is 1. The largest absolute Gasteiger partial charge is 0.507 e. The lowest BCUT2D eigenvalue weighted by Gasteiger charge is -2.23. The van der Waals surface area contributed by atoms with Gasteiger partial charge in [-0.15, -0.1) is 0 Å². The maximum absolute atomic E-state index is 13.1. The van der Waals surface area contributed by atoms with Crippen LogP contribution < -0.4 is 15.0 Å². The first-order valence-corrected chi connectivity index (χ1v) is 10.8. The number of anilines is 2. The monoisotopic (exact) mass is 480 g/mol. The summed E-state index contributed by atoms with van der Waals surface area (Å²) in [5, 5.41) is 14.2. The lowest BCUT2D eigenvalue weighted by Crippen LogP contribution is -2.29. The normalized spacial score (nSPS) is 17.1. The van der Waals surface area contributed by atoms with Crippen LogP contribution in [0.4, 0.5) is 11.4 Å². The highest BCUT2D eigenvalue weighted by Gasteiger charge is 2.48. The topological polar surface area (TPSA) is 109 Å². The molecule has 1 atom stereocenters. The van der Waals surface area contributed by atoms with Gasteiger partial charge in [-0.05, 0) is 61.5 Å². The van der Waals surface area contributed by atoms with E-state index >= 15 is 0 Å². The Balaban J connectivity index is 1.83. The summed E-state index contributed by atoms with van der Waals surface area (Å²) in [7, 11) is 0. The van der Waals surface area contributed by atoms with Gasteiger partial charge < -0.3 is 19.6 Å². The summed E-state index contributed by atoms with van der Waals surface area (Å²) in [4.78, 5) is 38.8. The van der Waals surface area contributed by atoms with Gasteiger partial charge in [0.15, 0.2) is 0 Å². The van der Waals surface area contributed by atoms with Crippen LogP contribution in [-0.4, -0.2) is 29.3 Å². The van der Waals surface area contributed by atoms with Crippen molar-refractivity contribution in [3.05, 3.63) is 82.8 Å². The summed E-state index contributed by atoms with van der Waals surface area (Å²) in [5.41, 5.74) is 1.06. The van der Waals surface area contributed by atoms with E-state index in [1.165, 1.54) is 30.2 Å². The van der Waals surface area contributed by atoms with Crippen LogP contribution in [0, 0.1) is 0 Å². The third kappa shape index (κ3) is 4.27. The molecular weight excluding hydrogens is 460 g/mol. The van der Waals surface area contributed by atoms with Gasteiger partial charge in [0.2, 0.25) is 5.91 Å². The SMILES string of the molecule is CCOc1cc(/C(O)=C2/C(=O)C(=O)N(c3ccc(NC(C)=O)cc3)C2c2ccco2)ccc1Cl. The molecule has 1 aliphatic rings. The van der Waals surface area contributed by atoms with Crippen LogP contribution in [0.25, 0.3) is 5.76 Å². The van der Waals surface area contributed by atoms with Gasteiger partial charge in [0.1, 0.15) is 23.3 Å². The highest BCUT2D eigenvalue weighted by Crippen LogP contribution is 2.43. The van der Waals surface area contributed by atoms with Crippen molar-refractivity contribution in [1.82, 2.24) is 0 Å². The number of rotatable bonds is 6. The molecule has 2 amide bonds. The molecule has 0 spiro atoms. The molecule has 1 unspecified atom stereocenters. The summed E-state index contributed by atoms with van der Waals surface area (Å²) in [6.45, 7) is 3.54. The van der Waals surface area contributed by atoms with Crippen molar-refractivity contribution in [1.29, 1.82) is 0 Å². The summed E-state index contributed by atoms with van der Waals surface area (Å²) in [6.07, 6.45) is 1.42. The first-order valence-electron chi connectivity index (χ1n) is 10.5. The first-order chi connectivity index (χ1) is 16.3. The van der Waals surface area contributed by atoms with Crippen LogP contribution in [0.15, 0.2) is 70.9 Å². The van der Waals surface area contributed by atoms with Crippen molar-refractivity contribution in [3.63, 3.8) is 0 Å². The van der Waals surface area contributed by atoms with Gasteiger partial charge in [-0.3, -0.25) is 19.3 Å². The number of amides is 2. The fraction of sp³-hybridized carbons (Fsp3) is 0.160. The molecule has 0 bridgehead atoms. The predicted molar refractivity (Wildman–Crippen MR) is 127 cm³/mol. The van der Waals surface area contributed by atoms with Gasteiger partial charge in [-0.2, -0.15) is 0 Å². The molecule has 174 valence electrons. The third-order valence-corrected chi connectivity index (χ3v) is 5.54. The van der Waals surface area contributed by atoms with E-state index in [9.17, 15) is 19.5 Å². The Bertz CT molecular complexity index is 1280. The molecule has 2 aromatic carbocycles. The number of halogens is 1. The molecule has 3 aromatic rings. The van der Waals surface area contributed by atoms with Crippen molar-refractivity contribution in [2.45, 2.75) is 19.9 Å². The lowest BCUT2D eigenvalue weighted by molar-refractivity contribution is -0.132. The van der Waals surface area contributed by atoms with E-state index in [1.54, 1.807) is 49.4 Å². The van der Waals surface area contributed by atoms with E-state index < -0.39 is 17.7 Å². The highest BCUT2D eigenvalue weighted by molar-refractivity contribution is 6.51. The van der Waals surface area contributed by atoms with Crippen LogP contribution in [0.3, 0.4) is 0 Å². The second-order valence-corrected chi connectivity index (χ2v) is 7.90. The second-order valence-electron chi connectivity index (χ2n) is 7.49. The second kappa shape index (κ2) is 9.44. The summed E-state index contributed by atoms with van der Waals surface area (Å²) >= 11 is 6.16. The Kier molecular flexibility index (Phi) is 6.43. The average molecular weight is 481 g/mol. The predicted octanol–water partition coefficient (Wildman–Crippen LogP) is 4.92. The Hall–Kier alpha value is -4.04. The highest BCUT2D eigenvalue weighted by atomic mass is 35.5. The van der Waals surface area contributed by atoms with Gasteiger partial charge in [-0.25, -0.2) is 0 Å². The third-order valence-electron chi connectivity index (χ3n) is 5.23. The van der Waals surface area contributed by atoms with Crippen molar-refractivity contribution in [2.24, 2.45) is 0 Å². The minimum atomic E-state index is -1.01. The fourth-order valence-electron chi connectivity index (χ4n) is 3.80. The summed E-state index contributed by atoms with van der Waals surface area (Å²) in [5.74, 6) is -1.67. The minimum Gasteiger partial charge on any atom is -0.507 e. The number of ketones is 1. The van der Waals surface area contributed by atoms with Gasteiger partial charge in [0.25, 0.3) is 11.7 Å². The van der Waals surface area contributed by atoms with E-state index in [0.717, 1.165) is 0 Å². The number of aliphatic hydroxyl groups is 1. The number of Topliss-reactive ketones (excluding diaryl/α,β-unsaturated/α-hetero) is 1. The zero-order chi connectivity index (χ0) is 24.4. The van der Waals surface area contributed by atoms with Crippen molar-refractivity contribution in [2.75, 3.05) is 16.8 Å². The van der Waals surface area contributed by atoms with E-state index in [0.29, 0.717) is 34.5 Å². The van der Waals surface area contributed by atoms with Crippen LogP contribution in [-0.2, 0) is 14.4 Å². The van der Waals surface area contributed by atoms with Gasteiger partial charge in [0.05, 0.1) is 23.5 Å². The number of nitrogens with zero attached hydrogens (tertiary/aromatic N) is 1. The quantitative estimate of drug-likeness (QED) is 0.294. The van der Waals surface area contributed by atoms with Gasteiger partial charge >= 0.3 is 0 Å². The average Bonchev–Trinajstić information content (AvgIpc) is 3.42. The number of carbonyl (C=O) groups is 3. The molecule has 1 fully saturated rings. The smallest absolute Gasteiger partial charge is 0.300 e. The molecule has 2 N–H and O–H groups in total. The summed E-state index contributed by atoms with van der Waals surface area (Å²) in [6, 6.07) is 13.3. The van der Waals surface area contributed by atoms with Crippen LogP contribution in [0.1, 0.15) is 31.2 Å². The Morgan fingerprint density at radius 1 is 1.18 bits per heavy atom. The molecule has 1 aromatic heterocycles. The molecule has 34 heavy (non-hydrogen) atoms. The Morgan fingerprint density at radius 3 is 2.53 bits per heavy atom. The first kappa shape index (κ1) is 23.1. The van der Waals surface area contributed by atoms with Crippen LogP contribution in [0.5, 0.6) is 5.75 Å². The van der Waals surface area contributed by atoms with E-state index in [2.05, 4.69) is 5.32 Å². The van der Waals surface area contributed by atoms with Crippen molar-refractivity contribution in [3.8, 4) is 5.75 Å². The maximum Gasteiger partial charge on any atom is 0.300 e. The van der Waals surface area contributed by atoms with Gasteiger partial charge in [-0.1, -0.05) is 11.6 Å². The van der Waals surface area contributed by atoms with Crippen molar-refractivity contribution >= 4 is 46.3 Å². The van der Waals surface area contributed by atoms with E-state index in [1.807, 2.05) is 0 Å². The molecule has 4 rings (SSSR count). The molecule has 8 nitrogen and oxygen atoms in total. The number of benzene rings is 2. The molecular formula is C25H21ClN2O6. The van der Waals surface area contributed by atoms with Crippen molar-refractivity contribution < 1.29 is 28.6 Å². The zero-order valence-corrected chi connectivity index (χ0v) is 19.1. The van der Waals surface area contributed by atoms with Crippen LogP contribution >= 0.6 is 11.6 Å². The Morgan fingerprint density at radius 2 is 1.91 bits per heavy atom. The molecule has 0 aliphatic carbocycles. The minimum absolute atomic E-state index is 0.129. The maximum atomic E-state index is 13.1. The van der Waals surface area contributed by atoms with E-state index in [4.69, 9.17) is 20.8 Å². The number of hydrogen-bond donors (Lipinski definition) is 2. The fourth-order valence-corrected chi connectivity index (χ4v) is 3.97. The van der Waals surface area contributed by atoms with E-state index in [-0.39, 0.29) is 22.8 Å². The number of carbonyl (C=O) groups excluding carboxylic acids is 3. The standard InChI is InChI=1S/C25H21ClN2O6/c1-3-33-20-13-15(6-11-18(20)26)23(30)21-22(19-5-4-12-34-19)28(25(32)24(21)31)17-9-7-16(8-10-17)27-14(2)29/h4-13,22,30H,3H2,1-2H3,(H,27,29)/b23-21-. The number of nitrogens with one attached hydrogen (secondary N) is 1. The Labute approximate surface area is 200 Å². The number of ether oxygens (including phenoxy) is 1.